The number of rotatable bonds is 6. The monoisotopic (exact) mass is 188 g/mol. The first-order valence-corrected chi connectivity index (χ1v) is 4.72. The second-order valence-electron chi connectivity index (χ2n) is 3.06. The van der Waals surface area contributed by atoms with Crippen molar-refractivity contribution in [2.75, 3.05) is 13.7 Å². The molecule has 0 aliphatic carbocycles. The molecule has 0 aliphatic heterocycles. The second kappa shape index (κ2) is 6.86. The molecule has 0 saturated carbocycles. The highest BCUT2D eigenvalue weighted by molar-refractivity contribution is 5.75. The number of esters is 1. The summed E-state index contributed by atoms with van der Waals surface area (Å²) in [6.07, 6.45) is 1.63. The number of hydrogen-bond acceptors (Lipinski definition) is 4. The molecule has 0 heterocycles. The number of methoxy groups -OCH3 is 1. The first-order chi connectivity index (χ1) is 6.15. The highest BCUT2D eigenvalue weighted by Gasteiger charge is 2.16. The van der Waals surface area contributed by atoms with Crippen molar-refractivity contribution in [2.45, 2.75) is 38.8 Å². The predicted molar refractivity (Wildman–Crippen MR) is 52.4 cm³/mol. The van der Waals surface area contributed by atoms with Gasteiger partial charge in [0.05, 0.1) is 7.11 Å². The van der Waals surface area contributed by atoms with Gasteiger partial charge in [-0.2, -0.15) is 0 Å². The zero-order valence-electron chi connectivity index (χ0n) is 8.67. The van der Waals surface area contributed by atoms with Crippen LogP contribution in [-0.2, 0) is 9.53 Å². The minimum Gasteiger partial charge on any atom is -0.468 e. The van der Waals surface area contributed by atoms with Gasteiger partial charge in [-0.15, -0.1) is 0 Å². The molecule has 0 amide bonds. The maximum Gasteiger partial charge on any atom is 0.322 e. The van der Waals surface area contributed by atoms with Crippen molar-refractivity contribution in [1.82, 2.24) is 5.32 Å². The lowest BCUT2D eigenvalue weighted by Crippen LogP contribution is -2.43. The maximum absolute atomic E-state index is 11.1. The van der Waals surface area contributed by atoms with Crippen molar-refractivity contribution in [3.8, 4) is 0 Å². The van der Waals surface area contributed by atoms with Crippen molar-refractivity contribution >= 4 is 5.97 Å². The molecule has 0 aromatic rings. The molecule has 3 N–H and O–H groups in total. The summed E-state index contributed by atoms with van der Waals surface area (Å²) in [7, 11) is 1.40. The van der Waals surface area contributed by atoms with Gasteiger partial charge in [-0.1, -0.05) is 13.8 Å². The quantitative estimate of drug-likeness (QED) is 0.587. The molecule has 4 heteroatoms. The largest absolute Gasteiger partial charge is 0.468 e. The maximum atomic E-state index is 11.1. The Balaban J connectivity index is 3.78. The molecule has 4 nitrogen and oxygen atoms in total. The average molecular weight is 188 g/mol. The first kappa shape index (κ1) is 12.4. The van der Waals surface area contributed by atoms with Gasteiger partial charge in [0.2, 0.25) is 0 Å². The fourth-order valence-corrected chi connectivity index (χ4v) is 0.975. The lowest BCUT2D eigenvalue weighted by molar-refractivity contribution is -0.143. The van der Waals surface area contributed by atoms with Gasteiger partial charge in [0.25, 0.3) is 0 Å². The molecule has 0 saturated heterocycles. The summed E-state index contributed by atoms with van der Waals surface area (Å²) in [5.41, 5.74) is 5.70. The van der Waals surface area contributed by atoms with Crippen LogP contribution in [0.4, 0.5) is 0 Å². The van der Waals surface area contributed by atoms with E-state index in [0.717, 1.165) is 12.8 Å². The van der Waals surface area contributed by atoms with Gasteiger partial charge in [0, 0.05) is 12.6 Å². The fourth-order valence-electron chi connectivity index (χ4n) is 0.975. The van der Waals surface area contributed by atoms with Crippen LogP contribution in [0.3, 0.4) is 0 Å². The highest BCUT2D eigenvalue weighted by Crippen LogP contribution is 1.94. The van der Waals surface area contributed by atoms with Crippen LogP contribution in [0.1, 0.15) is 26.7 Å². The van der Waals surface area contributed by atoms with Crippen LogP contribution in [0.2, 0.25) is 0 Å². The number of nitrogens with two attached hydrogens (primary N) is 1. The van der Waals surface area contributed by atoms with E-state index in [9.17, 15) is 4.79 Å². The minimum atomic E-state index is -0.220. The normalized spacial score (nSPS) is 15.1. The van der Waals surface area contributed by atoms with Gasteiger partial charge in [-0.3, -0.25) is 4.79 Å². The summed E-state index contributed by atoms with van der Waals surface area (Å²) in [6.45, 7) is 4.61. The molecular weight excluding hydrogens is 168 g/mol. The Hall–Kier alpha value is -0.610. The van der Waals surface area contributed by atoms with E-state index in [1.165, 1.54) is 7.11 Å². The zero-order chi connectivity index (χ0) is 10.3. The minimum absolute atomic E-state index is 0.110. The molecule has 2 atom stereocenters. The molecule has 0 aromatic heterocycles. The van der Waals surface area contributed by atoms with E-state index in [-0.39, 0.29) is 18.1 Å². The summed E-state index contributed by atoms with van der Waals surface area (Å²) in [5.74, 6) is -0.217. The van der Waals surface area contributed by atoms with E-state index in [4.69, 9.17) is 5.73 Å². The number of carbonyl (C=O) groups excluding carboxylic acids is 1. The molecule has 0 rings (SSSR count). The van der Waals surface area contributed by atoms with Crippen molar-refractivity contribution in [2.24, 2.45) is 5.73 Å². The zero-order valence-corrected chi connectivity index (χ0v) is 8.67. The van der Waals surface area contributed by atoms with Gasteiger partial charge in [-0.05, 0) is 12.8 Å². The Labute approximate surface area is 79.8 Å². The first-order valence-electron chi connectivity index (χ1n) is 4.72. The predicted octanol–water partition coefficient (Wildman–Crippen LogP) is 0.265. The van der Waals surface area contributed by atoms with Crippen molar-refractivity contribution in [1.29, 1.82) is 0 Å². The van der Waals surface area contributed by atoms with Gasteiger partial charge in [0.1, 0.15) is 6.04 Å². The fraction of sp³-hybridized carbons (Fsp3) is 0.889. The van der Waals surface area contributed by atoms with Crippen LogP contribution in [-0.4, -0.2) is 31.7 Å². The smallest absolute Gasteiger partial charge is 0.322 e. The SMILES string of the molecule is CCC(N)CNC(CC)C(=O)OC. The Kier molecular flexibility index (Phi) is 6.54. The molecule has 0 radical (unpaired) electrons. The van der Waals surface area contributed by atoms with Gasteiger partial charge in [0.15, 0.2) is 0 Å². The average Bonchev–Trinajstić information content (AvgIpc) is 2.17. The summed E-state index contributed by atoms with van der Waals surface area (Å²) in [5, 5.41) is 3.07. The number of carbonyl (C=O) groups is 1. The Morgan fingerprint density at radius 2 is 2.08 bits per heavy atom. The summed E-state index contributed by atoms with van der Waals surface area (Å²) >= 11 is 0. The summed E-state index contributed by atoms with van der Waals surface area (Å²) < 4.78 is 4.63. The van der Waals surface area contributed by atoms with Crippen molar-refractivity contribution in [3.05, 3.63) is 0 Å². The van der Waals surface area contributed by atoms with Crippen molar-refractivity contribution in [3.63, 3.8) is 0 Å². The third-order valence-electron chi connectivity index (χ3n) is 2.04. The second-order valence-corrected chi connectivity index (χ2v) is 3.06. The third kappa shape index (κ3) is 4.85. The van der Waals surface area contributed by atoms with Crippen LogP contribution in [0.5, 0.6) is 0 Å². The molecule has 0 spiro atoms. The third-order valence-corrected chi connectivity index (χ3v) is 2.04. The Morgan fingerprint density at radius 3 is 2.46 bits per heavy atom. The van der Waals surface area contributed by atoms with Crippen LogP contribution in [0.15, 0.2) is 0 Å². The van der Waals surface area contributed by atoms with E-state index in [0.29, 0.717) is 6.54 Å². The number of hydrogen-bond donors (Lipinski definition) is 2. The number of nitrogens with one attached hydrogen (secondary N) is 1. The molecule has 78 valence electrons. The number of ether oxygens (including phenoxy) is 1. The molecule has 0 aliphatic rings. The standard InChI is InChI=1S/C9H20N2O2/c1-4-7(10)6-11-8(5-2)9(12)13-3/h7-8,11H,4-6,10H2,1-3H3. The van der Waals surface area contributed by atoms with E-state index in [1.54, 1.807) is 0 Å². The van der Waals surface area contributed by atoms with Crippen LogP contribution >= 0.6 is 0 Å². The lowest BCUT2D eigenvalue weighted by atomic mass is 10.2. The van der Waals surface area contributed by atoms with Gasteiger partial charge in [-0.25, -0.2) is 0 Å². The lowest BCUT2D eigenvalue weighted by Gasteiger charge is -2.16. The molecule has 2 unspecified atom stereocenters. The topological polar surface area (TPSA) is 64.3 Å². The van der Waals surface area contributed by atoms with Crippen LogP contribution in [0, 0.1) is 0 Å². The Bertz CT molecular complexity index is 151. The van der Waals surface area contributed by atoms with E-state index in [1.807, 2.05) is 13.8 Å². The molecule has 13 heavy (non-hydrogen) atoms. The van der Waals surface area contributed by atoms with E-state index < -0.39 is 0 Å². The van der Waals surface area contributed by atoms with Crippen LogP contribution in [0.25, 0.3) is 0 Å². The molecule has 0 bridgehead atoms. The molecule has 0 aromatic carbocycles. The summed E-state index contributed by atoms with van der Waals surface area (Å²) in [4.78, 5) is 11.1. The molecular formula is C9H20N2O2. The van der Waals surface area contributed by atoms with Gasteiger partial charge < -0.3 is 15.8 Å². The van der Waals surface area contributed by atoms with Crippen molar-refractivity contribution < 1.29 is 9.53 Å². The highest BCUT2D eigenvalue weighted by atomic mass is 16.5. The molecule has 0 fully saturated rings. The van der Waals surface area contributed by atoms with E-state index in [2.05, 4.69) is 10.1 Å². The summed E-state index contributed by atoms with van der Waals surface area (Å²) in [6, 6.07) is -0.110. The van der Waals surface area contributed by atoms with Gasteiger partial charge >= 0.3 is 5.97 Å². The Morgan fingerprint density at radius 1 is 1.46 bits per heavy atom. The van der Waals surface area contributed by atoms with Crippen LogP contribution < -0.4 is 11.1 Å². The van der Waals surface area contributed by atoms with E-state index >= 15 is 0 Å².